The molecule has 0 saturated heterocycles. The van der Waals surface area contributed by atoms with E-state index < -0.39 is 0 Å². The number of carbonyl (C=O) groups excluding carboxylic acids is 2. The van der Waals surface area contributed by atoms with E-state index >= 15 is 0 Å². The van der Waals surface area contributed by atoms with E-state index in [4.69, 9.17) is 0 Å². The van der Waals surface area contributed by atoms with Crippen molar-refractivity contribution in [3.05, 3.63) is 57.2 Å². The van der Waals surface area contributed by atoms with E-state index in [1.165, 1.54) is 11.3 Å². The summed E-state index contributed by atoms with van der Waals surface area (Å²) in [5.74, 6) is -0.307. The van der Waals surface area contributed by atoms with Crippen molar-refractivity contribution in [2.24, 2.45) is 0 Å². The molecule has 132 valence electrons. The topological polar surface area (TPSA) is 71.1 Å². The Bertz CT molecular complexity index is 959. The van der Waals surface area contributed by atoms with Crippen LogP contribution < -0.4 is 10.6 Å². The highest BCUT2D eigenvalue weighted by atomic mass is 32.1. The number of aryl methyl sites for hydroxylation is 1. The van der Waals surface area contributed by atoms with Gasteiger partial charge in [-0.2, -0.15) is 11.3 Å². The largest absolute Gasteiger partial charge is 0.349 e. The Morgan fingerprint density at radius 1 is 1.19 bits per heavy atom. The Kier molecular flexibility index (Phi) is 4.57. The summed E-state index contributed by atoms with van der Waals surface area (Å²) in [4.78, 5) is 29.9. The molecule has 0 bridgehead atoms. The molecule has 2 N–H and O–H groups in total. The summed E-state index contributed by atoms with van der Waals surface area (Å²) in [6, 6.07) is 9.30. The molecule has 1 aliphatic carbocycles. The Morgan fingerprint density at radius 2 is 2.04 bits per heavy atom. The summed E-state index contributed by atoms with van der Waals surface area (Å²) in [5, 5.41) is 10.7. The van der Waals surface area contributed by atoms with Gasteiger partial charge in [0.25, 0.3) is 11.8 Å². The van der Waals surface area contributed by atoms with Crippen LogP contribution in [0.5, 0.6) is 0 Å². The molecule has 7 heteroatoms. The van der Waals surface area contributed by atoms with Crippen LogP contribution in [0.3, 0.4) is 0 Å². The molecule has 5 nitrogen and oxygen atoms in total. The van der Waals surface area contributed by atoms with Gasteiger partial charge in [-0.05, 0) is 49.4 Å². The van der Waals surface area contributed by atoms with E-state index in [0.29, 0.717) is 27.9 Å². The maximum Gasteiger partial charge on any atom is 0.267 e. The monoisotopic (exact) mass is 383 g/mol. The number of rotatable bonds is 5. The third-order valence-electron chi connectivity index (χ3n) is 4.07. The molecule has 0 aliphatic heterocycles. The minimum atomic E-state index is -0.207. The number of aromatic nitrogens is 1. The lowest BCUT2D eigenvalue weighted by Crippen LogP contribution is -2.25. The zero-order chi connectivity index (χ0) is 18.1. The summed E-state index contributed by atoms with van der Waals surface area (Å²) in [6.07, 6.45) is 2.08. The highest BCUT2D eigenvalue weighted by Crippen LogP contribution is 2.30. The Labute approximate surface area is 159 Å². The smallest absolute Gasteiger partial charge is 0.267 e. The number of anilines is 1. The van der Waals surface area contributed by atoms with Gasteiger partial charge in [0, 0.05) is 28.2 Å². The van der Waals surface area contributed by atoms with Gasteiger partial charge in [0.2, 0.25) is 0 Å². The molecule has 2 amide bonds. The number of amides is 2. The number of nitrogens with one attached hydrogen (secondary N) is 2. The lowest BCUT2D eigenvalue weighted by atomic mass is 10.2. The van der Waals surface area contributed by atoms with Gasteiger partial charge in [-0.3, -0.25) is 9.59 Å². The second-order valence-electron chi connectivity index (χ2n) is 6.23. The lowest BCUT2D eigenvalue weighted by molar-refractivity contribution is 0.0949. The zero-order valence-corrected chi connectivity index (χ0v) is 15.7. The van der Waals surface area contributed by atoms with Gasteiger partial charge in [0.05, 0.1) is 5.69 Å². The first-order valence-corrected chi connectivity index (χ1v) is 10.1. The molecule has 26 heavy (non-hydrogen) atoms. The van der Waals surface area contributed by atoms with Crippen LogP contribution in [0.15, 0.2) is 41.1 Å². The fourth-order valence-electron chi connectivity index (χ4n) is 2.54. The third kappa shape index (κ3) is 3.68. The Balaban J connectivity index is 1.50. The van der Waals surface area contributed by atoms with Crippen molar-refractivity contribution >= 4 is 40.2 Å². The van der Waals surface area contributed by atoms with Crippen LogP contribution in [0.4, 0.5) is 5.69 Å². The first-order valence-electron chi connectivity index (χ1n) is 8.32. The Morgan fingerprint density at radius 3 is 2.77 bits per heavy atom. The molecular weight excluding hydrogens is 366 g/mol. The van der Waals surface area contributed by atoms with Gasteiger partial charge in [-0.1, -0.05) is 6.07 Å². The molecule has 0 radical (unpaired) electrons. The van der Waals surface area contributed by atoms with Gasteiger partial charge in [0.1, 0.15) is 9.88 Å². The quantitative estimate of drug-likeness (QED) is 0.689. The van der Waals surface area contributed by atoms with Crippen LogP contribution in [0.25, 0.3) is 10.6 Å². The van der Waals surface area contributed by atoms with Crippen LogP contribution in [-0.2, 0) is 0 Å². The molecule has 1 saturated carbocycles. The summed E-state index contributed by atoms with van der Waals surface area (Å²) < 4.78 is 0. The normalized spacial score (nSPS) is 13.4. The molecular formula is C19H17N3O2S2. The predicted molar refractivity (Wildman–Crippen MR) is 105 cm³/mol. The van der Waals surface area contributed by atoms with Crippen molar-refractivity contribution in [2.75, 3.05) is 5.32 Å². The summed E-state index contributed by atoms with van der Waals surface area (Å²) in [7, 11) is 0. The van der Waals surface area contributed by atoms with E-state index in [0.717, 1.165) is 23.4 Å². The second-order valence-corrected chi connectivity index (χ2v) is 8.01. The highest BCUT2D eigenvalue weighted by Gasteiger charge is 2.24. The minimum Gasteiger partial charge on any atom is -0.349 e. The molecule has 1 fully saturated rings. The SMILES string of the molecule is Cc1nc(-c2ccsc2)sc1C(=O)Nc1cccc(C(=O)NC2CC2)c1. The van der Waals surface area contributed by atoms with Gasteiger partial charge in [0.15, 0.2) is 0 Å². The molecule has 2 heterocycles. The van der Waals surface area contributed by atoms with E-state index in [2.05, 4.69) is 15.6 Å². The number of thiophene rings is 1. The molecule has 0 spiro atoms. The number of nitrogens with zero attached hydrogens (tertiary/aromatic N) is 1. The maximum atomic E-state index is 12.6. The maximum absolute atomic E-state index is 12.6. The van der Waals surface area contributed by atoms with Gasteiger partial charge < -0.3 is 10.6 Å². The fourth-order valence-corrected chi connectivity index (χ4v) is 4.21. The zero-order valence-electron chi connectivity index (χ0n) is 14.1. The third-order valence-corrected chi connectivity index (χ3v) is 5.95. The van der Waals surface area contributed by atoms with Crippen molar-refractivity contribution in [3.63, 3.8) is 0 Å². The standard InChI is InChI=1S/C19H17N3O2S2/c1-11-16(26-19(20-11)13-7-8-25-10-13)18(24)22-15-4-2-3-12(9-15)17(23)21-14-5-6-14/h2-4,7-10,14H,5-6H2,1H3,(H,21,23)(H,22,24). The van der Waals surface area contributed by atoms with Crippen LogP contribution in [-0.4, -0.2) is 22.8 Å². The predicted octanol–water partition coefficient (Wildman–Crippen LogP) is 4.32. The molecule has 0 atom stereocenters. The fraction of sp³-hybridized carbons (Fsp3) is 0.211. The minimum absolute atomic E-state index is 0.0997. The van der Waals surface area contributed by atoms with Gasteiger partial charge >= 0.3 is 0 Å². The number of carbonyl (C=O) groups is 2. The molecule has 0 unspecified atom stereocenters. The van der Waals surface area contributed by atoms with Gasteiger partial charge in [-0.15, -0.1) is 11.3 Å². The average molecular weight is 383 g/mol. The van der Waals surface area contributed by atoms with Crippen molar-refractivity contribution in [2.45, 2.75) is 25.8 Å². The van der Waals surface area contributed by atoms with E-state index in [9.17, 15) is 9.59 Å². The summed E-state index contributed by atoms with van der Waals surface area (Å²) >= 11 is 2.98. The summed E-state index contributed by atoms with van der Waals surface area (Å²) in [6.45, 7) is 1.83. The van der Waals surface area contributed by atoms with Crippen LogP contribution in [0, 0.1) is 6.92 Å². The number of hydrogen-bond donors (Lipinski definition) is 2. The van der Waals surface area contributed by atoms with Crippen LogP contribution >= 0.6 is 22.7 Å². The van der Waals surface area contributed by atoms with Gasteiger partial charge in [-0.25, -0.2) is 4.98 Å². The van der Waals surface area contributed by atoms with E-state index in [1.807, 2.05) is 23.8 Å². The summed E-state index contributed by atoms with van der Waals surface area (Å²) in [5.41, 5.74) is 2.88. The van der Waals surface area contributed by atoms with E-state index in [-0.39, 0.29) is 11.8 Å². The van der Waals surface area contributed by atoms with Crippen molar-refractivity contribution in [1.82, 2.24) is 10.3 Å². The van der Waals surface area contributed by atoms with E-state index in [1.54, 1.807) is 35.6 Å². The Hall–Kier alpha value is -2.51. The molecule has 1 aromatic carbocycles. The molecule has 3 aromatic rings. The van der Waals surface area contributed by atoms with Crippen molar-refractivity contribution in [1.29, 1.82) is 0 Å². The first-order chi connectivity index (χ1) is 12.6. The lowest BCUT2D eigenvalue weighted by Gasteiger charge is -2.07. The van der Waals surface area contributed by atoms with Crippen molar-refractivity contribution < 1.29 is 9.59 Å². The second kappa shape index (κ2) is 7.01. The average Bonchev–Trinajstić information content (AvgIpc) is 3.11. The number of benzene rings is 1. The molecule has 2 aromatic heterocycles. The molecule has 1 aliphatic rings. The first kappa shape index (κ1) is 16.9. The number of hydrogen-bond acceptors (Lipinski definition) is 5. The number of thiazole rings is 1. The highest BCUT2D eigenvalue weighted by molar-refractivity contribution is 7.17. The van der Waals surface area contributed by atoms with Crippen LogP contribution in [0.1, 0.15) is 38.6 Å². The van der Waals surface area contributed by atoms with Crippen molar-refractivity contribution in [3.8, 4) is 10.6 Å². The molecule has 4 rings (SSSR count). The van der Waals surface area contributed by atoms with Crippen LogP contribution in [0.2, 0.25) is 0 Å².